The summed E-state index contributed by atoms with van der Waals surface area (Å²) < 4.78 is 51.5. The van der Waals surface area contributed by atoms with Gasteiger partial charge in [0.05, 0.1) is 54.9 Å². The van der Waals surface area contributed by atoms with Gasteiger partial charge in [-0.1, -0.05) is 6.92 Å². The Balaban J connectivity index is 1.63. The molecule has 1 fully saturated rings. The van der Waals surface area contributed by atoms with Crippen molar-refractivity contribution in [2.24, 2.45) is 5.92 Å². The number of anilines is 1. The molecule has 0 aliphatic carbocycles. The van der Waals surface area contributed by atoms with Crippen molar-refractivity contribution < 1.29 is 22.6 Å². The van der Waals surface area contributed by atoms with E-state index in [0.717, 1.165) is 24.1 Å². The summed E-state index contributed by atoms with van der Waals surface area (Å²) in [7, 11) is 3.10. The number of aromatic amines is 1. The Hall–Kier alpha value is -3.76. The molecular formula is C23H22F3N6O2. The first-order valence-electron chi connectivity index (χ1n) is 10.7. The zero-order valence-electron chi connectivity index (χ0n) is 18.7. The summed E-state index contributed by atoms with van der Waals surface area (Å²) in [6, 6.07) is 8.08. The summed E-state index contributed by atoms with van der Waals surface area (Å²) in [5, 5.41) is 8.23. The van der Waals surface area contributed by atoms with Crippen LogP contribution in [-0.2, 0) is 6.18 Å². The first-order valence-corrected chi connectivity index (χ1v) is 10.7. The Morgan fingerprint density at radius 1 is 1.09 bits per heavy atom. The molecule has 0 amide bonds. The molecule has 0 bridgehead atoms. The summed E-state index contributed by atoms with van der Waals surface area (Å²) in [6.07, 6.45) is -0.788. The number of hydrogen-bond donors (Lipinski definition) is 1. The number of H-pyrrole nitrogens is 1. The van der Waals surface area contributed by atoms with E-state index in [4.69, 9.17) is 14.5 Å². The molecule has 0 unspecified atom stereocenters. The van der Waals surface area contributed by atoms with Crippen LogP contribution in [0.25, 0.3) is 16.7 Å². The van der Waals surface area contributed by atoms with E-state index in [-0.39, 0.29) is 12.0 Å². The van der Waals surface area contributed by atoms with Gasteiger partial charge in [-0.2, -0.15) is 23.4 Å². The molecule has 2 aromatic heterocycles. The maximum Gasteiger partial charge on any atom is 0.416 e. The molecule has 4 aromatic rings. The highest BCUT2D eigenvalue weighted by Crippen LogP contribution is 2.44. The van der Waals surface area contributed by atoms with E-state index in [1.807, 2.05) is 4.90 Å². The number of hydrogen-bond acceptors (Lipinski definition) is 6. The molecule has 11 heteroatoms. The van der Waals surface area contributed by atoms with Crippen LogP contribution >= 0.6 is 0 Å². The number of imidazole rings is 1. The SMILES string of the molecule is COc1cc2nc([C@@H]3[C@@H](C)CCN3c3cc(C(F)(F)F)c[c]c3-n3nccn3)[nH]c2cc1OC. The van der Waals surface area contributed by atoms with Crippen LogP contribution in [0.2, 0.25) is 0 Å². The molecule has 177 valence electrons. The predicted molar refractivity (Wildman–Crippen MR) is 118 cm³/mol. The van der Waals surface area contributed by atoms with Gasteiger partial charge >= 0.3 is 6.18 Å². The molecule has 5 rings (SSSR count). The van der Waals surface area contributed by atoms with Crippen molar-refractivity contribution in [3.63, 3.8) is 0 Å². The van der Waals surface area contributed by atoms with Crippen LogP contribution in [0.4, 0.5) is 18.9 Å². The van der Waals surface area contributed by atoms with Crippen LogP contribution in [0.3, 0.4) is 0 Å². The normalized spacial score (nSPS) is 18.6. The van der Waals surface area contributed by atoms with Crippen LogP contribution in [0, 0.1) is 12.0 Å². The fourth-order valence-corrected chi connectivity index (χ4v) is 4.48. The molecule has 1 aliphatic heterocycles. The minimum atomic E-state index is -4.51. The number of alkyl halides is 3. The number of fused-ring (bicyclic) bond motifs is 1. The molecule has 1 radical (unpaired) electrons. The Morgan fingerprint density at radius 2 is 1.79 bits per heavy atom. The minimum absolute atomic E-state index is 0.123. The third-order valence-corrected chi connectivity index (χ3v) is 6.14. The molecule has 1 saturated heterocycles. The van der Waals surface area contributed by atoms with E-state index < -0.39 is 11.7 Å². The van der Waals surface area contributed by atoms with E-state index in [2.05, 4.69) is 28.2 Å². The van der Waals surface area contributed by atoms with Crippen molar-refractivity contribution in [2.45, 2.75) is 25.6 Å². The first-order chi connectivity index (χ1) is 16.3. The van der Waals surface area contributed by atoms with Gasteiger partial charge in [-0.15, -0.1) is 4.80 Å². The second-order valence-corrected chi connectivity index (χ2v) is 8.19. The summed E-state index contributed by atoms with van der Waals surface area (Å²) in [5.74, 6) is 1.87. The van der Waals surface area contributed by atoms with Gasteiger partial charge in [0.2, 0.25) is 0 Å². The maximum absolute atomic E-state index is 13.6. The van der Waals surface area contributed by atoms with Crippen LogP contribution in [0.15, 0.2) is 36.7 Å². The molecule has 2 atom stereocenters. The topological polar surface area (TPSA) is 81.1 Å². The standard InChI is InChI=1S/C23H22F3N6O2/c1-13-6-9-31(18-10-14(23(24,25)26)4-5-17(18)32-27-7-8-28-32)21(13)22-29-15-11-19(33-2)20(34-3)12-16(15)30-22/h4,7-8,10-13,21H,6,9H2,1-3H3,(H,29,30)/t13-,21-/m0/s1. The van der Waals surface area contributed by atoms with Gasteiger partial charge in [0.15, 0.2) is 11.5 Å². The van der Waals surface area contributed by atoms with Crippen LogP contribution in [0.5, 0.6) is 11.5 Å². The lowest BCUT2D eigenvalue weighted by atomic mass is 10.0. The summed E-state index contributed by atoms with van der Waals surface area (Å²) in [4.78, 5) is 11.3. The van der Waals surface area contributed by atoms with E-state index in [9.17, 15) is 13.2 Å². The van der Waals surface area contributed by atoms with Crippen LogP contribution in [-0.4, -0.2) is 45.7 Å². The number of halogens is 3. The lowest BCUT2D eigenvalue weighted by Gasteiger charge is -2.29. The minimum Gasteiger partial charge on any atom is -0.493 e. The van der Waals surface area contributed by atoms with Gasteiger partial charge < -0.3 is 19.4 Å². The monoisotopic (exact) mass is 471 g/mol. The number of rotatable bonds is 5. The van der Waals surface area contributed by atoms with E-state index >= 15 is 0 Å². The molecule has 34 heavy (non-hydrogen) atoms. The number of nitrogens with one attached hydrogen (secondary N) is 1. The van der Waals surface area contributed by atoms with Crippen molar-refractivity contribution in [2.75, 3.05) is 25.7 Å². The third-order valence-electron chi connectivity index (χ3n) is 6.14. The largest absolute Gasteiger partial charge is 0.493 e. The number of nitrogens with zero attached hydrogens (tertiary/aromatic N) is 5. The van der Waals surface area contributed by atoms with Crippen molar-refractivity contribution >= 4 is 16.7 Å². The Bertz CT molecular complexity index is 1280. The predicted octanol–water partition coefficient (Wildman–Crippen LogP) is 4.57. The number of aromatic nitrogens is 5. The van der Waals surface area contributed by atoms with Crippen molar-refractivity contribution in [1.29, 1.82) is 0 Å². The van der Waals surface area contributed by atoms with E-state index in [0.29, 0.717) is 40.8 Å². The van der Waals surface area contributed by atoms with Gasteiger partial charge in [-0.25, -0.2) is 4.98 Å². The Kier molecular flexibility index (Phi) is 5.34. The second-order valence-electron chi connectivity index (χ2n) is 8.19. The number of methoxy groups -OCH3 is 2. The summed E-state index contributed by atoms with van der Waals surface area (Å²) in [5.41, 5.74) is 1.33. The average molecular weight is 471 g/mol. The highest BCUT2D eigenvalue weighted by atomic mass is 19.4. The fourth-order valence-electron chi connectivity index (χ4n) is 4.48. The second kappa shape index (κ2) is 8.23. The van der Waals surface area contributed by atoms with Crippen LogP contribution in [0.1, 0.15) is 30.8 Å². The molecule has 2 aromatic carbocycles. The molecule has 1 aliphatic rings. The number of ether oxygens (including phenoxy) is 2. The lowest BCUT2D eigenvalue weighted by molar-refractivity contribution is -0.137. The lowest BCUT2D eigenvalue weighted by Crippen LogP contribution is -2.27. The smallest absolute Gasteiger partial charge is 0.416 e. The fraction of sp³-hybridized carbons (Fsp3) is 0.348. The molecule has 3 heterocycles. The van der Waals surface area contributed by atoms with E-state index in [1.54, 1.807) is 26.4 Å². The van der Waals surface area contributed by atoms with Gasteiger partial charge in [-0.3, -0.25) is 0 Å². The Labute approximate surface area is 193 Å². The van der Waals surface area contributed by atoms with Gasteiger partial charge in [-0.05, 0) is 24.5 Å². The van der Waals surface area contributed by atoms with Crippen molar-refractivity contribution in [3.8, 4) is 17.2 Å². The maximum atomic E-state index is 13.6. The molecular weight excluding hydrogens is 449 g/mol. The molecule has 0 spiro atoms. The van der Waals surface area contributed by atoms with Crippen LogP contribution < -0.4 is 14.4 Å². The third kappa shape index (κ3) is 3.70. The molecule has 0 saturated carbocycles. The molecule has 8 nitrogen and oxygen atoms in total. The summed E-state index contributed by atoms with van der Waals surface area (Å²) in [6.45, 7) is 2.60. The highest BCUT2D eigenvalue weighted by molar-refractivity contribution is 5.80. The van der Waals surface area contributed by atoms with Crippen molar-refractivity contribution in [1.82, 2.24) is 25.0 Å². The quantitative estimate of drug-likeness (QED) is 0.459. The zero-order valence-corrected chi connectivity index (χ0v) is 18.7. The molecule has 1 N–H and O–H groups in total. The Morgan fingerprint density at radius 3 is 2.47 bits per heavy atom. The average Bonchev–Trinajstić information content (AvgIpc) is 3.56. The van der Waals surface area contributed by atoms with Crippen molar-refractivity contribution in [3.05, 3.63) is 54.1 Å². The van der Waals surface area contributed by atoms with E-state index in [1.165, 1.54) is 17.2 Å². The highest BCUT2D eigenvalue weighted by Gasteiger charge is 2.38. The van der Waals surface area contributed by atoms with Gasteiger partial charge in [0.1, 0.15) is 11.5 Å². The first kappa shape index (κ1) is 22.1. The zero-order chi connectivity index (χ0) is 24.0. The van der Waals surface area contributed by atoms with Gasteiger partial charge in [0, 0.05) is 24.7 Å². The summed E-state index contributed by atoms with van der Waals surface area (Å²) >= 11 is 0. The number of benzene rings is 2. The van der Waals surface area contributed by atoms with Gasteiger partial charge in [0.25, 0.3) is 0 Å².